The average molecular weight is 512 g/mol. The fourth-order valence-electron chi connectivity index (χ4n) is 4.38. The normalized spacial score (nSPS) is 18.2. The van der Waals surface area contributed by atoms with E-state index >= 15 is 0 Å². The van der Waals surface area contributed by atoms with Gasteiger partial charge in [0.05, 0.1) is 5.56 Å². The number of benzene rings is 3. The third-order valence-corrected chi connectivity index (χ3v) is 6.33. The molecular formula is C27H23F7O2. The Morgan fingerprint density at radius 1 is 0.750 bits per heavy atom. The van der Waals surface area contributed by atoms with E-state index in [2.05, 4.69) is 11.7 Å². The number of hydrogen-bond donors (Lipinski definition) is 0. The molecule has 192 valence electrons. The summed E-state index contributed by atoms with van der Waals surface area (Å²) in [5.74, 6) is -7.54. The fraction of sp³-hybridized carbons (Fsp3) is 0.333. The summed E-state index contributed by atoms with van der Waals surface area (Å²) in [5, 5.41) is 0. The summed E-state index contributed by atoms with van der Waals surface area (Å²) in [6, 6.07) is 8.48. The highest BCUT2D eigenvalue weighted by atomic mass is 19.3. The van der Waals surface area contributed by atoms with Crippen LogP contribution in [0.2, 0.25) is 0 Å². The van der Waals surface area contributed by atoms with Crippen molar-refractivity contribution < 1.29 is 40.2 Å². The van der Waals surface area contributed by atoms with E-state index < -0.39 is 58.7 Å². The predicted molar refractivity (Wildman–Crippen MR) is 120 cm³/mol. The van der Waals surface area contributed by atoms with Crippen LogP contribution in [0, 0.1) is 35.0 Å². The summed E-state index contributed by atoms with van der Waals surface area (Å²) in [5.41, 5.74) is -0.453. The smallest absolute Gasteiger partial charge is 0.433 e. The van der Waals surface area contributed by atoms with E-state index in [9.17, 15) is 30.7 Å². The first-order chi connectivity index (χ1) is 17.0. The van der Waals surface area contributed by atoms with Crippen LogP contribution in [-0.4, -0.2) is 12.7 Å². The van der Waals surface area contributed by atoms with Crippen LogP contribution >= 0.6 is 0 Å². The molecule has 4 rings (SSSR count). The van der Waals surface area contributed by atoms with Gasteiger partial charge < -0.3 is 9.47 Å². The van der Waals surface area contributed by atoms with Crippen LogP contribution in [0.5, 0.6) is 11.5 Å². The molecule has 0 saturated heterocycles. The van der Waals surface area contributed by atoms with E-state index in [0.29, 0.717) is 36.1 Å². The van der Waals surface area contributed by atoms with Gasteiger partial charge in [0.25, 0.3) is 0 Å². The summed E-state index contributed by atoms with van der Waals surface area (Å²) >= 11 is 0. The third-order valence-electron chi connectivity index (χ3n) is 6.33. The van der Waals surface area contributed by atoms with Crippen molar-refractivity contribution in [3.8, 4) is 22.6 Å². The molecule has 0 unspecified atom stereocenters. The monoisotopic (exact) mass is 512 g/mol. The topological polar surface area (TPSA) is 18.5 Å². The number of hydrogen-bond acceptors (Lipinski definition) is 2. The maximum absolute atomic E-state index is 14.5. The maximum Gasteiger partial charge on any atom is 0.433 e. The van der Waals surface area contributed by atoms with Gasteiger partial charge in [0.2, 0.25) is 0 Å². The minimum absolute atomic E-state index is 0.180. The van der Waals surface area contributed by atoms with Crippen molar-refractivity contribution in [3.63, 3.8) is 0 Å². The maximum atomic E-state index is 14.5. The van der Waals surface area contributed by atoms with Gasteiger partial charge in [-0.05, 0) is 60.1 Å². The molecule has 0 aromatic heterocycles. The zero-order valence-electron chi connectivity index (χ0n) is 19.3. The molecular weight excluding hydrogens is 489 g/mol. The van der Waals surface area contributed by atoms with Gasteiger partial charge in [-0.1, -0.05) is 31.9 Å². The molecule has 36 heavy (non-hydrogen) atoms. The van der Waals surface area contributed by atoms with Crippen molar-refractivity contribution in [2.75, 3.05) is 6.61 Å². The Balaban J connectivity index is 1.41. The van der Waals surface area contributed by atoms with E-state index in [-0.39, 0.29) is 5.75 Å². The Kier molecular flexibility index (Phi) is 7.47. The van der Waals surface area contributed by atoms with Crippen LogP contribution < -0.4 is 9.47 Å². The number of halogens is 7. The lowest BCUT2D eigenvalue weighted by Gasteiger charge is -2.26. The summed E-state index contributed by atoms with van der Waals surface area (Å²) in [4.78, 5) is 0. The summed E-state index contributed by atoms with van der Waals surface area (Å²) in [7, 11) is 0. The van der Waals surface area contributed by atoms with Crippen molar-refractivity contribution in [1.82, 2.24) is 0 Å². The molecule has 2 nitrogen and oxygen atoms in total. The molecule has 3 aromatic rings. The van der Waals surface area contributed by atoms with Crippen LogP contribution in [0.4, 0.5) is 30.7 Å². The Labute approximate surface area is 203 Å². The second kappa shape index (κ2) is 10.4. The molecule has 0 spiro atoms. The quantitative estimate of drug-likeness (QED) is 0.234. The molecule has 3 aromatic carbocycles. The SMILES string of the molecule is CC1CCC(c2ccc(OCC(F)(F)Oc3cc(F)c(-c4cc(F)c(F)c(F)c4)c(F)c3)cc2)CC1. The number of alkyl halides is 2. The van der Waals surface area contributed by atoms with Crippen LogP contribution in [0.3, 0.4) is 0 Å². The Bertz CT molecular complexity index is 1170. The van der Waals surface area contributed by atoms with Gasteiger partial charge in [0, 0.05) is 12.1 Å². The minimum Gasteiger partial charge on any atom is -0.483 e. The van der Waals surface area contributed by atoms with Crippen molar-refractivity contribution in [3.05, 3.63) is 83.2 Å². The molecule has 0 radical (unpaired) electrons. The molecule has 0 N–H and O–H groups in total. The Hall–Kier alpha value is -3.23. The first-order valence-electron chi connectivity index (χ1n) is 11.5. The second-order valence-corrected chi connectivity index (χ2v) is 9.07. The highest BCUT2D eigenvalue weighted by Gasteiger charge is 2.34. The standard InChI is InChI=1S/C27H23F7O2/c1-15-2-4-16(5-3-15)17-6-8-19(9-7-17)35-14-27(33,34)36-20-12-21(28)25(22(29)13-20)18-10-23(30)26(32)24(31)11-18/h6-13,15-16H,2-5,14H2,1H3. The highest BCUT2D eigenvalue weighted by molar-refractivity contribution is 5.66. The molecule has 0 aliphatic heterocycles. The summed E-state index contributed by atoms with van der Waals surface area (Å²) in [6.45, 7) is 0.993. The van der Waals surface area contributed by atoms with E-state index in [1.807, 2.05) is 12.1 Å². The molecule has 9 heteroatoms. The van der Waals surface area contributed by atoms with Crippen molar-refractivity contribution in [2.45, 2.75) is 44.6 Å². The highest BCUT2D eigenvalue weighted by Crippen LogP contribution is 2.36. The predicted octanol–water partition coefficient (Wildman–Crippen LogP) is 8.39. The lowest BCUT2D eigenvalue weighted by atomic mass is 9.79. The van der Waals surface area contributed by atoms with Crippen molar-refractivity contribution in [2.24, 2.45) is 5.92 Å². The molecule has 0 amide bonds. The van der Waals surface area contributed by atoms with Crippen LogP contribution in [0.1, 0.15) is 44.1 Å². The molecule has 1 saturated carbocycles. The zero-order valence-corrected chi connectivity index (χ0v) is 19.3. The van der Waals surface area contributed by atoms with E-state index in [1.165, 1.54) is 0 Å². The van der Waals surface area contributed by atoms with Crippen LogP contribution in [0.25, 0.3) is 11.1 Å². The molecule has 0 bridgehead atoms. The first kappa shape index (κ1) is 25.9. The molecule has 1 aliphatic carbocycles. The molecule has 0 atom stereocenters. The molecule has 1 aliphatic rings. The van der Waals surface area contributed by atoms with Gasteiger partial charge in [-0.3, -0.25) is 0 Å². The van der Waals surface area contributed by atoms with Crippen LogP contribution in [-0.2, 0) is 0 Å². The lowest BCUT2D eigenvalue weighted by molar-refractivity contribution is -0.195. The van der Waals surface area contributed by atoms with Crippen molar-refractivity contribution in [1.29, 1.82) is 0 Å². The second-order valence-electron chi connectivity index (χ2n) is 9.07. The third kappa shape index (κ3) is 5.94. The largest absolute Gasteiger partial charge is 0.483 e. The van der Waals surface area contributed by atoms with E-state index in [4.69, 9.17) is 4.74 Å². The van der Waals surface area contributed by atoms with Gasteiger partial charge in [-0.2, -0.15) is 8.78 Å². The van der Waals surface area contributed by atoms with Gasteiger partial charge in [0.15, 0.2) is 24.1 Å². The molecule has 1 fully saturated rings. The Morgan fingerprint density at radius 2 is 1.31 bits per heavy atom. The first-order valence-corrected chi connectivity index (χ1v) is 11.5. The average Bonchev–Trinajstić information content (AvgIpc) is 2.81. The van der Waals surface area contributed by atoms with E-state index in [0.717, 1.165) is 31.2 Å². The van der Waals surface area contributed by atoms with Gasteiger partial charge >= 0.3 is 6.11 Å². The van der Waals surface area contributed by atoms with Gasteiger partial charge in [-0.15, -0.1) is 0 Å². The molecule has 0 heterocycles. The van der Waals surface area contributed by atoms with Gasteiger partial charge in [-0.25, -0.2) is 22.0 Å². The van der Waals surface area contributed by atoms with Crippen molar-refractivity contribution >= 4 is 0 Å². The fourth-order valence-corrected chi connectivity index (χ4v) is 4.38. The number of rotatable bonds is 7. The lowest BCUT2D eigenvalue weighted by Crippen LogP contribution is -2.32. The van der Waals surface area contributed by atoms with Gasteiger partial charge in [0.1, 0.15) is 23.1 Å². The summed E-state index contributed by atoms with van der Waals surface area (Å²) in [6.07, 6.45) is 0.486. The minimum atomic E-state index is -3.95. The zero-order chi connectivity index (χ0) is 26.0. The van der Waals surface area contributed by atoms with E-state index in [1.54, 1.807) is 12.1 Å². The summed E-state index contributed by atoms with van der Waals surface area (Å²) < 4.78 is 107. The number of ether oxygens (including phenoxy) is 2. The van der Waals surface area contributed by atoms with Crippen LogP contribution in [0.15, 0.2) is 48.5 Å². The Morgan fingerprint density at radius 3 is 1.86 bits per heavy atom.